The molecular weight excluding hydrogens is 383 g/mol. The highest BCUT2D eigenvalue weighted by Gasteiger charge is 2.20. The molecule has 0 aliphatic heterocycles. The molecule has 0 unspecified atom stereocenters. The van der Waals surface area contributed by atoms with Crippen molar-refractivity contribution in [3.8, 4) is 22.5 Å². The van der Waals surface area contributed by atoms with Crippen LogP contribution in [0.5, 0.6) is 0 Å². The van der Waals surface area contributed by atoms with E-state index in [0.717, 1.165) is 11.1 Å². The number of likely N-dealkylation sites (N-methyl/N-ethyl adjacent to an activating group) is 1. The summed E-state index contributed by atoms with van der Waals surface area (Å²) in [6.07, 6.45) is 4.94. The zero-order valence-corrected chi connectivity index (χ0v) is 16.8. The lowest BCUT2D eigenvalue weighted by atomic mass is 10.0. The highest BCUT2D eigenvalue weighted by molar-refractivity contribution is 6.33. The van der Waals surface area contributed by atoms with E-state index in [1.54, 1.807) is 32.4 Å². The van der Waals surface area contributed by atoms with Crippen LogP contribution in [0.4, 0.5) is 5.82 Å². The molecule has 2 heterocycles. The van der Waals surface area contributed by atoms with Gasteiger partial charge < -0.3 is 10.0 Å². The molecule has 7 heteroatoms. The third-order valence-electron chi connectivity index (χ3n) is 3.92. The third kappa shape index (κ3) is 4.75. The van der Waals surface area contributed by atoms with E-state index >= 15 is 0 Å². The Labute approximate surface area is 168 Å². The average molecular weight is 403 g/mol. The van der Waals surface area contributed by atoms with Crippen molar-refractivity contribution in [1.82, 2.24) is 15.0 Å². The first-order chi connectivity index (χ1) is 12.7. The highest BCUT2D eigenvalue weighted by Crippen LogP contribution is 2.34. The maximum Gasteiger partial charge on any atom is 0.147 e. The second kappa shape index (κ2) is 7.80. The van der Waals surface area contributed by atoms with Crippen LogP contribution in [0.15, 0.2) is 48.9 Å². The molecule has 0 bridgehead atoms. The molecule has 2 aromatic heterocycles. The largest absolute Gasteiger partial charge is 0.389 e. The van der Waals surface area contributed by atoms with Crippen molar-refractivity contribution in [1.29, 1.82) is 0 Å². The van der Waals surface area contributed by atoms with Gasteiger partial charge in [0, 0.05) is 42.1 Å². The normalized spacial score (nSPS) is 11.5. The lowest BCUT2D eigenvalue weighted by molar-refractivity contribution is 0.0884. The van der Waals surface area contributed by atoms with Crippen molar-refractivity contribution in [3.63, 3.8) is 0 Å². The van der Waals surface area contributed by atoms with E-state index in [1.165, 1.54) is 0 Å². The fraction of sp³-hybridized carbons (Fsp3) is 0.250. The Kier molecular flexibility index (Phi) is 5.65. The van der Waals surface area contributed by atoms with Crippen molar-refractivity contribution in [2.45, 2.75) is 19.4 Å². The first-order valence-corrected chi connectivity index (χ1v) is 9.16. The first-order valence-electron chi connectivity index (χ1n) is 8.41. The number of pyridine rings is 1. The van der Waals surface area contributed by atoms with E-state index in [4.69, 9.17) is 28.2 Å². The SMILES string of the molecule is CN(CC(C)(C)O)c1cnc(-c2ccc(Cl)cc2)c(-c2ccncc2Cl)n1. The third-order valence-corrected chi connectivity index (χ3v) is 4.47. The van der Waals surface area contributed by atoms with Gasteiger partial charge in [0.05, 0.1) is 22.5 Å². The van der Waals surface area contributed by atoms with Gasteiger partial charge in [0.15, 0.2) is 0 Å². The van der Waals surface area contributed by atoms with Crippen LogP contribution >= 0.6 is 23.2 Å². The number of halogens is 2. The van der Waals surface area contributed by atoms with E-state index < -0.39 is 5.60 Å². The van der Waals surface area contributed by atoms with Gasteiger partial charge in [-0.15, -0.1) is 0 Å². The van der Waals surface area contributed by atoms with Gasteiger partial charge in [-0.25, -0.2) is 4.98 Å². The zero-order valence-electron chi connectivity index (χ0n) is 15.3. The highest BCUT2D eigenvalue weighted by atomic mass is 35.5. The number of aliphatic hydroxyl groups is 1. The Morgan fingerprint density at radius 2 is 1.74 bits per heavy atom. The molecular formula is C20H20Cl2N4O. The molecule has 0 saturated carbocycles. The molecule has 140 valence electrons. The Hall–Kier alpha value is -2.21. The van der Waals surface area contributed by atoms with Crippen molar-refractivity contribution < 1.29 is 5.11 Å². The average Bonchev–Trinajstić information content (AvgIpc) is 2.61. The van der Waals surface area contributed by atoms with Crippen LogP contribution in [-0.2, 0) is 0 Å². The van der Waals surface area contributed by atoms with Gasteiger partial charge in [-0.2, -0.15) is 0 Å². The summed E-state index contributed by atoms with van der Waals surface area (Å²) in [7, 11) is 1.86. The molecule has 5 nitrogen and oxygen atoms in total. The summed E-state index contributed by atoms with van der Waals surface area (Å²) in [5.74, 6) is 0.637. The maximum absolute atomic E-state index is 10.1. The number of benzene rings is 1. The van der Waals surface area contributed by atoms with Gasteiger partial charge in [0.2, 0.25) is 0 Å². The van der Waals surface area contributed by atoms with Crippen LogP contribution in [0.3, 0.4) is 0 Å². The van der Waals surface area contributed by atoms with Gasteiger partial charge in [-0.05, 0) is 32.0 Å². The second-order valence-corrected chi connectivity index (χ2v) is 7.80. The van der Waals surface area contributed by atoms with Crippen molar-refractivity contribution >= 4 is 29.0 Å². The molecule has 0 spiro atoms. The molecule has 0 atom stereocenters. The molecule has 0 fully saturated rings. The Morgan fingerprint density at radius 3 is 2.37 bits per heavy atom. The predicted molar refractivity (Wildman–Crippen MR) is 110 cm³/mol. The topological polar surface area (TPSA) is 62.1 Å². The van der Waals surface area contributed by atoms with E-state index in [0.29, 0.717) is 33.8 Å². The fourth-order valence-electron chi connectivity index (χ4n) is 2.80. The number of hydrogen-bond donors (Lipinski definition) is 1. The maximum atomic E-state index is 10.1. The minimum atomic E-state index is -0.861. The van der Waals surface area contributed by atoms with Gasteiger partial charge in [0.1, 0.15) is 11.5 Å². The van der Waals surface area contributed by atoms with Crippen LogP contribution in [-0.4, -0.2) is 39.3 Å². The van der Waals surface area contributed by atoms with Gasteiger partial charge in [-0.3, -0.25) is 9.97 Å². The number of nitrogens with zero attached hydrogens (tertiary/aromatic N) is 4. The number of rotatable bonds is 5. The number of aromatic nitrogens is 3. The Balaban J connectivity index is 2.14. The van der Waals surface area contributed by atoms with Crippen molar-refractivity contribution in [2.24, 2.45) is 0 Å². The summed E-state index contributed by atoms with van der Waals surface area (Å²) in [5.41, 5.74) is 2.10. The molecule has 3 rings (SSSR count). The summed E-state index contributed by atoms with van der Waals surface area (Å²) in [5, 5.41) is 11.2. The predicted octanol–water partition coefficient (Wildman–Crippen LogP) is 4.72. The standard InChI is InChI=1S/C20H20Cl2N4O/c1-20(2,27)12-26(3)17-11-24-18(13-4-6-14(21)7-5-13)19(25-17)15-8-9-23-10-16(15)22/h4-11,27H,12H2,1-3H3. The zero-order chi connectivity index (χ0) is 19.6. The molecule has 0 aliphatic rings. The summed E-state index contributed by atoms with van der Waals surface area (Å²) in [6, 6.07) is 9.22. The number of anilines is 1. The minimum Gasteiger partial charge on any atom is -0.389 e. The smallest absolute Gasteiger partial charge is 0.147 e. The van der Waals surface area contributed by atoms with E-state index in [2.05, 4.69) is 9.97 Å². The van der Waals surface area contributed by atoms with Crippen LogP contribution in [0.25, 0.3) is 22.5 Å². The molecule has 27 heavy (non-hydrogen) atoms. The Morgan fingerprint density at radius 1 is 1.04 bits per heavy atom. The van der Waals surface area contributed by atoms with E-state index in [1.807, 2.05) is 42.3 Å². The summed E-state index contributed by atoms with van der Waals surface area (Å²) in [4.78, 5) is 15.3. The summed E-state index contributed by atoms with van der Waals surface area (Å²) < 4.78 is 0. The van der Waals surface area contributed by atoms with Gasteiger partial charge in [-0.1, -0.05) is 35.3 Å². The molecule has 0 amide bonds. The lowest BCUT2D eigenvalue weighted by Crippen LogP contribution is -2.36. The molecule has 1 N–H and O–H groups in total. The van der Waals surface area contributed by atoms with Crippen LogP contribution in [0, 0.1) is 0 Å². The fourth-order valence-corrected chi connectivity index (χ4v) is 3.13. The first kappa shape index (κ1) is 19.5. The van der Waals surface area contributed by atoms with Crippen molar-refractivity contribution in [2.75, 3.05) is 18.5 Å². The van der Waals surface area contributed by atoms with Crippen molar-refractivity contribution in [3.05, 3.63) is 59.0 Å². The second-order valence-electron chi connectivity index (χ2n) is 6.96. The minimum absolute atomic E-state index is 0.408. The van der Waals surface area contributed by atoms with Gasteiger partial charge in [0.25, 0.3) is 0 Å². The molecule has 0 radical (unpaired) electrons. The molecule has 0 aliphatic carbocycles. The summed E-state index contributed by atoms with van der Waals surface area (Å²) >= 11 is 12.4. The van der Waals surface area contributed by atoms with Crippen LogP contribution in [0.1, 0.15) is 13.8 Å². The van der Waals surface area contributed by atoms with Gasteiger partial charge >= 0.3 is 0 Å². The molecule has 0 saturated heterocycles. The molecule has 1 aromatic carbocycles. The Bertz CT molecular complexity index is 939. The van der Waals surface area contributed by atoms with E-state index in [-0.39, 0.29) is 0 Å². The van der Waals surface area contributed by atoms with Crippen LogP contribution in [0.2, 0.25) is 10.0 Å². The van der Waals surface area contributed by atoms with Crippen LogP contribution < -0.4 is 4.90 Å². The molecule has 3 aromatic rings. The lowest BCUT2D eigenvalue weighted by Gasteiger charge is -2.26. The number of hydrogen-bond acceptors (Lipinski definition) is 5. The quantitative estimate of drug-likeness (QED) is 0.668. The monoisotopic (exact) mass is 402 g/mol. The summed E-state index contributed by atoms with van der Waals surface area (Å²) in [6.45, 7) is 3.91. The van der Waals surface area contributed by atoms with E-state index in [9.17, 15) is 5.11 Å².